The van der Waals surface area contributed by atoms with Crippen LogP contribution in [0.3, 0.4) is 0 Å². The van der Waals surface area contributed by atoms with Gasteiger partial charge in [-0.2, -0.15) is 0 Å². The Labute approximate surface area is 78.1 Å². The zero-order valence-corrected chi connectivity index (χ0v) is 7.67. The second-order valence-electron chi connectivity index (χ2n) is 2.37. The molecule has 0 unspecified atom stereocenters. The highest BCUT2D eigenvalue weighted by atomic mass is 32.1. The van der Waals surface area contributed by atoms with Crippen LogP contribution < -0.4 is 0 Å². The first-order valence-electron chi connectivity index (χ1n) is 3.81. The van der Waals surface area contributed by atoms with E-state index in [0.717, 1.165) is 0 Å². The van der Waals surface area contributed by atoms with Gasteiger partial charge < -0.3 is 8.92 Å². The van der Waals surface area contributed by atoms with E-state index in [1.165, 1.54) is 5.56 Å². The summed E-state index contributed by atoms with van der Waals surface area (Å²) in [7, 11) is 0. The summed E-state index contributed by atoms with van der Waals surface area (Å²) in [6.45, 7) is 1.74. The molecule has 0 aliphatic heterocycles. The molecule has 12 heavy (non-hydrogen) atoms. The molecule has 3 heteroatoms. The molecule has 1 rings (SSSR count). The lowest BCUT2D eigenvalue weighted by molar-refractivity contribution is 0.0959. The molecule has 0 spiro atoms. The molecule has 2 nitrogen and oxygen atoms in total. The minimum Gasteiger partial charge on any atom is -0.374 e. The molecule has 0 radical (unpaired) electrons. The van der Waals surface area contributed by atoms with Crippen molar-refractivity contribution in [3.63, 3.8) is 0 Å². The number of hydrogen-bond donors (Lipinski definition) is 1. The Kier molecular flexibility index (Phi) is 4.83. The summed E-state index contributed by atoms with van der Waals surface area (Å²) in [6, 6.07) is 10.0. The Balaban J connectivity index is 2.16. The molecule has 0 aliphatic rings. The van der Waals surface area contributed by atoms with Crippen molar-refractivity contribution in [1.82, 2.24) is 0 Å². The number of hydrogen-bond acceptors (Lipinski definition) is 3. The summed E-state index contributed by atoms with van der Waals surface area (Å²) in [6.07, 6.45) is 0. The predicted molar refractivity (Wildman–Crippen MR) is 51.0 cm³/mol. The van der Waals surface area contributed by atoms with Crippen molar-refractivity contribution >= 4 is 12.9 Å². The van der Waals surface area contributed by atoms with Gasteiger partial charge >= 0.3 is 0 Å². The maximum atomic E-state index is 5.29. The van der Waals surface area contributed by atoms with E-state index in [9.17, 15) is 0 Å². The van der Waals surface area contributed by atoms with Gasteiger partial charge in [-0.15, -0.1) is 0 Å². The maximum absolute atomic E-state index is 5.29. The summed E-state index contributed by atoms with van der Waals surface area (Å²) in [4.78, 5) is 0. The van der Waals surface area contributed by atoms with Crippen LogP contribution in [0.1, 0.15) is 5.56 Å². The molecule has 1 aromatic carbocycles. The zero-order chi connectivity index (χ0) is 8.65. The second-order valence-corrected chi connectivity index (χ2v) is 2.63. The van der Waals surface area contributed by atoms with Gasteiger partial charge in [-0.05, 0) is 18.5 Å². The molecule has 0 bridgehead atoms. The molecular formula is C9H12O2S. The van der Waals surface area contributed by atoms with E-state index in [4.69, 9.17) is 4.74 Å². The zero-order valence-electron chi connectivity index (χ0n) is 6.77. The van der Waals surface area contributed by atoms with Gasteiger partial charge in [0.2, 0.25) is 0 Å². The van der Waals surface area contributed by atoms with Gasteiger partial charge in [-0.25, -0.2) is 0 Å². The fraction of sp³-hybridized carbons (Fsp3) is 0.333. The smallest absolute Gasteiger partial charge is 0.0844 e. The highest BCUT2D eigenvalue weighted by Crippen LogP contribution is 1.99. The number of ether oxygens (including phenoxy) is 1. The van der Waals surface area contributed by atoms with Crippen molar-refractivity contribution in [3.05, 3.63) is 35.9 Å². The van der Waals surface area contributed by atoms with E-state index in [2.05, 4.69) is 17.1 Å². The van der Waals surface area contributed by atoms with Crippen LogP contribution in [0.4, 0.5) is 0 Å². The lowest BCUT2D eigenvalue weighted by atomic mass is 10.2. The van der Waals surface area contributed by atoms with Gasteiger partial charge in [0.15, 0.2) is 0 Å². The summed E-state index contributed by atoms with van der Waals surface area (Å²) in [5, 5.41) is 0. The normalized spacial score (nSPS) is 10.1. The van der Waals surface area contributed by atoms with E-state index in [0.29, 0.717) is 19.8 Å². The van der Waals surface area contributed by atoms with Crippen molar-refractivity contribution in [1.29, 1.82) is 0 Å². The van der Waals surface area contributed by atoms with Gasteiger partial charge in [0.05, 0.1) is 19.8 Å². The van der Waals surface area contributed by atoms with Gasteiger partial charge in [-0.3, -0.25) is 0 Å². The highest BCUT2D eigenvalue weighted by Gasteiger charge is 1.90. The molecular weight excluding hydrogens is 172 g/mol. The van der Waals surface area contributed by atoms with Crippen LogP contribution >= 0.6 is 12.9 Å². The van der Waals surface area contributed by atoms with Gasteiger partial charge in [0.25, 0.3) is 0 Å². The van der Waals surface area contributed by atoms with E-state index in [1.54, 1.807) is 0 Å². The van der Waals surface area contributed by atoms with E-state index in [-0.39, 0.29) is 0 Å². The Hall–Kier alpha value is -0.510. The molecule has 0 aliphatic carbocycles. The Morgan fingerprint density at radius 3 is 2.50 bits per heavy atom. The van der Waals surface area contributed by atoms with Crippen LogP contribution in [0.2, 0.25) is 0 Å². The molecule has 0 heterocycles. The first-order valence-corrected chi connectivity index (χ1v) is 4.18. The minimum atomic E-state index is 0.524. The predicted octanol–water partition coefficient (Wildman–Crippen LogP) is 2.06. The minimum absolute atomic E-state index is 0.524. The third-order valence-corrected chi connectivity index (χ3v) is 1.61. The van der Waals surface area contributed by atoms with Crippen LogP contribution in [-0.4, -0.2) is 13.2 Å². The molecule has 1 aromatic rings. The number of benzene rings is 1. The lowest BCUT2D eigenvalue weighted by Crippen LogP contribution is -1.99. The average Bonchev–Trinajstić information content (AvgIpc) is 2.14. The maximum Gasteiger partial charge on any atom is 0.0844 e. The van der Waals surface area contributed by atoms with Crippen molar-refractivity contribution in [3.8, 4) is 0 Å². The van der Waals surface area contributed by atoms with Crippen LogP contribution in [-0.2, 0) is 15.5 Å². The van der Waals surface area contributed by atoms with Crippen LogP contribution in [0.15, 0.2) is 30.3 Å². The standard InChI is InChI=1S/C9H12O2S/c12-11-7-6-10-8-9-4-2-1-3-5-9/h1-5,12H,6-8H2. The summed E-state index contributed by atoms with van der Waals surface area (Å²) in [5.41, 5.74) is 1.18. The number of rotatable bonds is 5. The molecule has 0 fully saturated rings. The quantitative estimate of drug-likeness (QED) is 0.429. The summed E-state index contributed by atoms with van der Waals surface area (Å²) >= 11 is 3.60. The van der Waals surface area contributed by atoms with Crippen molar-refractivity contribution in [2.75, 3.05) is 13.2 Å². The number of thiol groups is 1. The molecule has 0 aromatic heterocycles. The largest absolute Gasteiger partial charge is 0.374 e. The molecule has 0 atom stereocenters. The van der Waals surface area contributed by atoms with Gasteiger partial charge in [0.1, 0.15) is 0 Å². The Bertz CT molecular complexity index is 201. The van der Waals surface area contributed by atoms with Crippen LogP contribution in [0.5, 0.6) is 0 Å². The van der Waals surface area contributed by atoms with Crippen LogP contribution in [0, 0.1) is 0 Å². The van der Waals surface area contributed by atoms with E-state index < -0.39 is 0 Å². The first kappa shape index (κ1) is 9.58. The van der Waals surface area contributed by atoms with E-state index >= 15 is 0 Å². The Morgan fingerprint density at radius 1 is 1.08 bits per heavy atom. The monoisotopic (exact) mass is 184 g/mol. The second kappa shape index (κ2) is 6.06. The van der Waals surface area contributed by atoms with Crippen molar-refractivity contribution in [2.45, 2.75) is 6.61 Å². The van der Waals surface area contributed by atoms with Gasteiger partial charge in [-0.1, -0.05) is 30.3 Å². The molecule has 0 saturated heterocycles. The van der Waals surface area contributed by atoms with Crippen molar-refractivity contribution in [2.24, 2.45) is 0 Å². The average molecular weight is 184 g/mol. The SMILES string of the molecule is SOCCOCc1ccccc1. The molecule has 66 valence electrons. The topological polar surface area (TPSA) is 18.5 Å². The van der Waals surface area contributed by atoms with E-state index in [1.807, 2.05) is 30.3 Å². The highest BCUT2D eigenvalue weighted by molar-refractivity contribution is 7.75. The third kappa shape index (κ3) is 3.76. The summed E-state index contributed by atoms with van der Waals surface area (Å²) in [5.74, 6) is 0. The first-order chi connectivity index (χ1) is 5.93. The Morgan fingerprint density at radius 2 is 1.83 bits per heavy atom. The lowest BCUT2D eigenvalue weighted by Gasteiger charge is -2.01. The van der Waals surface area contributed by atoms with Crippen molar-refractivity contribution < 1.29 is 8.92 Å². The molecule has 0 N–H and O–H groups in total. The fourth-order valence-electron chi connectivity index (χ4n) is 0.860. The molecule has 0 saturated carbocycles. The van der Waals surface area contributed by atoms with Gasteiger partial charge in [0, 0.05) is 0 Å². The molecule has 0 amide bonds. The summed E-state index contributed by atoms with van der Waals surface area (Å²) < 4.78 is 9.84. The third-order valence-electron chi connectivity index (χ3n) is 1.43. The fourth-order valence-corrected chi connectivity index (χ4v) is 0.935. The van der Waals surface area contributed by atoms with Crippen LogP contribution in [0.25, 0.3) is 0 Å².